The highest BCUT2D eigenvalue weighted by Crippen LogP contribution is 2.55. The first-order valence-electron chi connectivity index (χ1n) is 6.14. The van der Waals surface area contributed by atoms with Gasteiger partial charge in [-0.2, -0.15) is 0 Å². The maximum Gasteiger partial charge on any atom is 0.117 e. The fraction of sp³-hybridized carbons (Fsp3) is 0.333. The molecule has 2 aliphatic heterocycles. The number of benzene rings is 2. The molecule has 0 aromatic heterocycles. The molecule has 1 saturated heterocycles. The van der Waals surface area contributed by atoms with Crippen molar-refractivity contribution in [3.8, 4) is 0 Å². The Labute approximate surface area is 99.8 Å². The standard InChI is InChI=1S/C15H14O2/c16-9-15-6-5-14(17-15)12-7-10-3-1-2-4-11(10)8-13(12)15/h1-4,7-8,14,16H,5-6,9H2. The van der Waals surface area contributed by atoms with Gasteiger partial charge in [0.25, 0.3) is 0 Å². The molecule has 2 heterocycles. The number of aliphatic hydroxyl groups is 1. The zero-order chi connectivity index (χ0) is 11.5. The molecule has 2 atom stereocenters. The lowest BCUT2D eigenvalue weighted by Crippen LogP contribution is -2.27. The molecule has 2 unspecified atom stereocenters. The lowest BCUT2D eigenvalue weighted by molar-refractivity contribution is -0.0573. The van der Waals surface area contributed by atoms with E-state index in [1.54, 1.807) is 0 Å². The van der Waals surface area contributed by atoms with Gasteiger partial charge in [-0.3, -0.25) is 0 Å². The van der Waals surface area contributed by atoms with Gasteiger partial charge >= 0.3 is 0 Å². The lowest BCUT2D eigenvalue weighted by Gasteiger charge is -2.24. The van der Waals surface area contributed by atoms with Crippen molar-refractivity contribution in [2.24, 2.45) is 0 Å². The van der Waals surface area contributed by atoms with Crippen LogP contribution in [0.25, 0.3) is 10.8 Å². The molecular weight excluding hydrogens is 212 g/mol. The van der Waals surface area contributed by atoms with Gasteiger partial charge in [0.05, 0.1) is 12.7 Å². The van der Waals surface area contributed by atoms with Crippen LogP contribution in [0.4, 0.5) is 0 Å². The first-order chi connectivity index (χ1) is 8.32. The van der Waals surface area contributed by atoms with Crippen LogP contribution >= 0.6 is 0 Å². The van der Waals surface area contributed by atoms with E-state index in [0.29, 0.717) is 0 Å². The van der Waals surface area contributed by atoms with Gasteiger partial charge in [0.1, 0.15) is 5.60 Å². The summed E-state index contributed by atoms with van der Waals surface area (Å²) in [5.41, 5.74) is 2.07. The number of ether oxygens (including phenoxy) is 1. The molecule has 0 saturated carbocycles. The van der Waals surface area contributed by atoms with Crippen molar-refractivity contribution in [3.05, 3.63) is 47.5 Å². The molecule has 0 aliphatic carbocycles. The van der Waals surface area contributed by atoms with Crippen LogP contribution in [0.2, 0.25) is 0 Å². The quantitative estimate of drug-likeness (QED) is 0.810. The third kappa shape index (κ3) is 1.12. The second-order valence-electron chi connectivity index (χ2n) is 5.08. The largest absolute Gasteiger partial charge is 0.393 e. The van der Waals surface area contributed by atoms with Crippen LogP contribution in [0.5, 0.6) is 0 Å². The third-order valence-corrected chi connectivity index (χ3v) is 4.19. The molecule has 1 fully saturated rings. The molecule has 2 bridgehead atoms. The van der Waals surface area contributed by atoms with Gasteiger partial charge in [0, 0.05) is 0 Å². The molecule has 0 spiro atoms. The fourth-order valence-corrected chi connectivity index (χ4v) is 3.29. The Morgan fingerprint density at radius 2 is 2.00 bits per heavy atom. The van der Waals surface area contributed by atoms with Crippen LogP contribution in [0.1, 0.15) is 30.1 Å². The summed E-state index contributed by atoms with van der Waals surface area (Å²) in [7, 11) is 0. The predicted molar refractivity (Wildman–Crippen MR) is 65.8 cm³/mol. The van der Waals surface area contributed by atoms with Gasteiger partial charge in [0.15, 0.2) is 0 Å². The monoisotopic (exact) mass is 226 g/mol. The van der Waals surface area contributed by atoms with Gasteiger partial charge in [0.2, 0.25) is 0 Å². The van der Waals surface area contributed by atoms with E-state index in [0.717, 1.165) is 12.8 Å². The second-order valence-corrected chi connectivity index (χ2v) is 5.08. The molecular formula is C15H14O2. The van der Waals surface area contributed by atoms with E-state index in [-0.39, 0.29) is 12.7 Å². The van der Waals surface area contributed by atoms with Crippen molar-refractivity contribution in [1.29, 1.82) is 0 Å². The van der Waals surface area contributed by atoms with E-state index < -0.39 is 5.60 Å². The minimum Gasteiger partial charge on any atom is -0.393 e. The highest BCUT2D eigenvalue weighted by atomic mass is 16.5. The Bertz CT molecular complexity index is 605. The van der Waals surface area contributed by atoms with E-state index in [1.165, 1.54) is 21.9 Å². The zero-order valence-corrected chi connectivity index (χ0v) is 9.52. The van der Waals surface area contributed by atoms with Crippen LogP contribution in [0.15, 0.2) is 36.4 Å². The SMILES string of the molecule is OCC12CCC(O1)c1cc3ccccc3cc12. The molecule has 2 nitrogen and oxygen atoms in total. The number of hydrogen-bond donors (Lipinski definition) is 1. The normalized spacial score (nSPS) is 29.8. The number of fused-ring (bicyclic) bond motifs is 6. The Balaban J connectivity index is 2.04. The summed E-state index contributed by atoms with van der Waals surface area (Å²) in [4.78, 5) is 0. The highest BCUT2D eigenvalue weighted by molar-refractivity contribution is 5.85. The summed E-state index contributed by atoms with van der Waals surface area (Å²) in [5, 5.41) is 12.1. The first kappa shape index (κ1) is 9.63. The van der Waals surface area contributed by atoms with Crippen molar-refractivity contribution in [1.82, 2.24) is 0 Å². The van der Waals surface area contributed by atoms with Crippen LogP contribution in [0.3, 0.4) is 0 Å². The number of hydrogen-bond acceptors (Lipinski definition) is 2. The molecule has 1 N–H and O–H groups in total. The van der Waals surface area contributed by atoms with Crippen molar-refractivity contribution >= 4 is 10.8 Å². The summed E-state index contributed by atoms with van der Waals surface area (Å²) in [6.45, 7) is 0.0921. The maximum atomic E-state index is 9.64. The van der Waals surface area contributed by atoms with Crippen LogP contribution in [-0.4, -0.2) is 11.7 Å². The van der Waals surface area contributed by atoms with Gasteiger partial charge < -0.3 is 9.84 Å². The van der Waals surface area contributed by atoms with Crippen LogP contribution in [0, 0.1) is 0 Å². The first-order valence-corrected chi connectivity index (χ1v) is 6.14. The number of rotatable bonds is 1. The summed E-state index contributed by atoms with van der Waals surface area (Å²) < 4.78 is 6.00. The highest BCUT2D eigenvalue weighted by Gasteiger charge is 2.50. The predicted octanol–water partition coefficient (Wildman–Crippen LogP) is 2.89. The zero-order valence-electron chi connectivity index (χ0n) is 9.52. The molecule has 2 aromatic rings. The Hall–Kier alpha value is -1.38. The summed E-state index contributed by atoms with van der Waals surface area (Å²) in [6.07, 6.45) is 2.17. The smallest absolute Gasteiger partial charge is 0.117 e. The van der Waals surface area contributed by atoms with E-state index >= 15 is 0 Å². The number of aliphatic hydroxyl groups excluding tert-OH is 1. The molecule has 17 heavy (non-hydrogen) atoms. The van der Waals surface area contributed by atoms with Crippen LogP contribution < -0.4 is 0 Å². The Kier molecular flexibility index (Phi) is 1.75. The maximum absolute atomic E-state index is 9.64. The summed E-state index contributed by atoms with van der Waals surface area (Å²) in [6, 6.07) is 12.8. The average molecular weight is 226 g/mol. The van der Waals surface area contributed by atoms with Gasteiger partial charge in [-0.1, -0.05) is 24.3 Å². The second kappa shape index (κ2) is 3.09. The lowest BCUT2D eigenvalue weighted by atomic mass is 9.81. The van der Waals surface area contributed by atoms with Crippen molar-refractivity contribution in [2.45, 2.75) is 24.5 Å². The summed E-state index contributed by atoms with van der Waals surface area (Å²) >= 11 is 0. The average Bonchev–Trinajstić information content (AvgIpc) is 2.94. The molecule has 2 aromatic carbocycles. The summed E-state index contributed by atoms with van der Waals surface area (Å²) in [5.74, 6) is 0. The molecule has 2 aliphatic rings. The van der Waals surface area contributed by atoms with E-state index in [9.17, 15) is 5.11 Å². The van der Waals surface area contributed by atoms with Crippen molar-refractivity contribution in [2.75, 3.05) is 6.61 Å². The molecule has 4 rings (SSSR count). The molecule has 0 radical (unpaired) electrons. The van der Waals surface area contributed by atoms with E-state index in [4.69, 9.17) is 4.74 Å². The third-order valence-electron chi connectivity index (χ3n) is 4.19. The minimum absolute atomic E-state index is 0.0921. The minimum atomic E-state index is -0.413. The van der Waals surface area contributed by atoms with Crippen molar-refractivity contribution < 1.29 is 9.84 Å². The van der Waals surface area contributed by atoms with Gasteiger partial charge in [-0.15, -0.1) is 0 Å². The van der Waals surface area contributed by atoms with Gasteiger partial charge in [-0.05, 0) is 46.9 Å². The van der Waals surface area contributed by atoms with Crippen molar-refractivity contribution in [3.63, 3.8) is 0 Å². The molecule has 2 heteroatoms. The fourth-order valence-electron chi connectivity index (χ4n) is 3.29. The Morgan fingerprint density at radius 1 is 1.24 bits per heavy atom. The topological polar surface area (TPSA) is 29.5 Å². The van der Waals surface area contributed by atoms with E-state index in [2.05, 4.69) is 36.4 Å². The van der Waals surface area contributed by atoms with Crippen LogP contribution in [-0.2, 0) is 10.3 Å². The Morgan fingerprint density at radius 3 is 2.76 bits per heavy atom. The molecule has 86 valence electrons. The molecule has 0 amide bonds. The van der Waals surface area contributed by atoms with E-state index in [1.807, 2.05) is 0 Å². The van der Waals surface area contributed by atoms with Gasteiger partial charge in [-0.25, -0.2) is 0 Å².